The summed E-state index contributed by atoms with van der Waals surface area (Å²) in [5.74, 6) is 1.05. The number of hydrogen-bond acceptors (Lipinski definition) is 3. The van der Waals surface area contributed by atoms with Crippen LogP contribution in [0.15, 0.2) is 29.3 Å². The molecule has 128 valence electrons. The van der Waals surface area contributed by atoms with Crippen molar-refractivity contribution in [3.05, 3.63) is 35.4 Å². The Morgan fingerprint density at radius 2 is 2.09 bits per heavy atom. The molecular formula is C18H30N4O. The largest absolute Gasteiger partial charge is 0.379 e. The maximum absolute atomic E-state index is 6.00. The van der Waals surface area contributed by atoms with Gasteiger partial charge in [0.25, 0.3) is 0 Å². The zero-order chi connectivity index (χ0) is 16.7. The van der Waals surface area contributed by atoms with Crippen LogP contribution in [0.25, 0.3) is 0 Å². The van der Waals surface area contributed by atoms with E-state index in [1.54, 1.807) is 0 Å². The van der Waals surface area contributed by atoms with Crippen molar-refractivity contribution in [3.8, 4) is 0 Å². The van der Waals surface area contributed by atoms with E-state index in [-0.39, 0.29) is 6.04 Å². The van der Waals surface area contributed by atoms with Crippen LogP contribution in [0, 0.1) is 12.8 Å². The minimum Gasteiger partial charge on any atom is -0.379 e. The highest BCUT2D eigenvalue weighted by Gasteiger charge is 2.22. The summed E-state index contributed by atoms with van der Waals surface area (Å²) in [4.78, 5) is 6.85. The quantitative estimate of drug-likeness (QED) is 0.621. The van der Waals surface area contributed by atoms with Gasteiger partial charge in [-0.1, -0.05) is 43.7 Å². The average Bonchev–Trinajstić information content (AvgIpc) is 2.54. The number of guanidine groups is 1. The van der Waals surface area contributed by atoms with E-state index in [0.717, 1.165) is 39.4 Å². The fraction of sp³-hybridized carbons (Fsp3) is 0.611. The number of morpholine rings is 1. The monoisotopic (exact) mass is 318 g/mol. The van der Waals surface area contributed by atoms with Crippen LogP contribution in [0.1, 0.15) is 31.0 Å². The molecule has 1 saturated heterocycles. The van der Waals surface area contributed by atoms with Gasteiger partial charge in [0.2, 0.25) is 0 Å². The van der Waals surface area contributed by atoms with E-state index in [9.17, 15) is 0 Å². The number of aryl methyl sites for hydroxylation is 1. The molecule has 1 unspecified atom stereocenters. The predicted molar refractivity (Wildman–Crippen MR) is 95.6 cm³/mol. The molecule has 0 spiro atoms. The smallest absolute Gasteiger partial charge is 0.188 e. The zero-order valence-corrected chi connectivity index (χ0v) is 14.6. The number of hydrogen-bond donors (Lipinski definition) is 2. The van der Waals surface area contributed by atoms with E-state index < -0.39 is 0 Å². The number of aliphatic imine (C=N–C) groups is 1. The second-order valence-corrected chi connectivity index (χ2v) is 6.58. The Bertz CT molecular complexity index is 509. The Labute approximate surface area is 139 Å². The molecule has 0 aliphatic carbocycles. The van der Waals surface area contributed by atoms with E-state index in [4.69, 9.17) is 10.5 Å². The Hall–Kier alpha value is -1.59. The summed E-state index contributed by atoms with van der Waals surface area (Å²) in [6, 6.07) is 8.98. The first-order chi connectivity index (χ1) is 11.1. The number of benzene rings is 1. The summed E-state index contributed by atoms with van der Waals surface area (Å²) in [6.45, 7) is 11.4. The predicted octanol–water partition coefficient (Wildman–Crippen LogP) is 1.93. The summed E-state index contributed by atoms with van der Waals surface area (Å²) in [5, 5.41) is 3.30. The van der Waals surface area contributed by atoms with Crippen molar-refractivity contribution in [2.45, 2.75) is 26.8 Å². The lowest BCUT2D eigenvalue weighted by molar-refractivity contribution is 0.0170. The van der Waals surface area contributed by atoms with Gasteiger partial charge in [-0.3, -0.25) is 9.89 Å². The van der Waals surface area contributed by atoms with Crippen LogP contribution in [0.3, 0.4) is 0 Å². The number of ether oxygens (including phenoxy) is 1. The van der Waals surface area contributed by atoms with Gasteiger partial charge in [0.05, 0.1) is 19.3 Å². The van der Waals surface area contributed by atoms with Crippen molar-refractivity contribution in [2.24, 2.45) is 16.6 Å². The highest BCUT2D eigenvalue weighted by atomic mass is 16.5. The first-order valence-corrected chi connectivity index (χ1v) is 8.48. The summed E-state index contributed by atoms with van der Waals surface area (Å²) in [5.41, 5.74) is 8.60. The molecule has 3 N–H and O–H groups in total. The third-order valence-corrected chi connectivity index (χ3v) is 4.02. The molecule has 2 rings (SSSR count). The molecule has 1 fully saturated rings. The van der Waals surface area contributed by atoms with Gasteiger partial charge in [-0.2, -0.15) is 0 Å². The molecular weight excluding hydrogens is 288 g/mol. The van der Waals surface area contributed by atoms with Gasteiger partial charge in [0.1, 0.15) is 0 Å². The molecule has 1 heterocycles. The van der Waals surface area contributed by atoms with E-state index >= 15 is 0 Å². The van der Waals surface area contributed by atoms with Crippen molar-refractivity contribution in [3.63, 3.8) is 0 Å². The van der Waals surface area contributed by atoms with Gasteiger partial charge in [-0.25, -0.2) is 0 Å². The van der Waals surface area contributed by atoms with Gasteiger partial charge >= 0.3 is 0 Å². The fourth-order valence-corrected chi connectivity index (χ4v) is 2.76. The molecule has 1 atom stereocenters. The maximum atomic E-state index is 6.00. The van der Waals surface area contributed by atoms with E-state index in [2.05, 4.69) is 60.2 Å². The zero-order valence-electron chi connectivity index (χ0n) is 14.6. The summed E-state index contributed by atoms with van der Waals surface area (Å²) >= 11 is 0. The van der Waals surface area contributed by atoms with Crippen LogP contribution in [0.5, 0.6) is 0 Å². The Morgan fingerprint density at radius 3 is 2.74 bits per heavy atom. The molecule has 0 radical (unpaired) electrons. The molecule has 23 heavy (non-hydrogen) atoms. The molecule has 0 amide bonds. The average molecular weight is 318 g/mol. The third kappa shape index (κ3) is 5.84. The van der Waals surface area contributed by atoms with Crippen LogP contribution in [0.4, 0.5) is 0 Å². The van der Waals surface area contributed by atoms with Crippen LogP contribution >= 0.6 is 0 Å². The third-order valence-electron chi connectivity index (χ3n) is 4.02. The van der Waals surface area contributed by atoms with Gasteiger partial charge in [0, 0.05) is 26.2 Å². The second kappa shape index (κ2) is 8.89. The lowest BCUT2D eigenvalue weighted by atomic mass is 10.0. The van der Waals surface area contributed by atoms with Crippen molar-refractivity contribution >= 4 is 5.96 Å². The van der Waals surface area contributed by atoms with Gasteiger partial charge in [-0.15, -0.1) is 0 Å². The van der Waals surface area contributed by atoms with Crippen molar-refractivity contribution in [1.29, 1.82) is 0 Å². The standard InChI is InChI=1S/C18H30N4O/c1-14(2)12-20-18(19)21-13-17(22-7-9-23-10-8-22)16-6-4-5-15(3)11-16/h4-6,11,14,17H,7-10,12-13H2,1-3H3,(H3,19,20,21). The van der Waals surface area contributed by atoms with E-state index in [1.165, 1.54) is 11.1 Å². The second-order valence-electron chi connectivity index (χ2n) is 6.58. The first-order valence-electron chi connectivity index (χ1n) is 8.48. The van der Waals surface area contributed by atoms with E-state index in [0.29, 0.717) is 11.9 Å². The minimum atomic E-state index is 0.284. The molecule has 0 saturated carbocycles. The van der Waals surface area contributed by atoms with Crippen LogP contribution in [-0.2, 0) is 4.74 Å². The topological polar surface area (TPSA) is 62.9 Å². The van der Waals surface area contributed by atoms with Crippen molar-refractivity contribution < 1.29 is 4.74 Å². The number of nitrogens with two attached hydrogens (primary N) is 1. The number of nitrogens with zero attached hydrogens (tertiary/aromatic N) is 2. The first kappa shape index (κ1) is 17.8. The van der Waals surface area contributed by atoms with Gasteiger partial charge < -0.3 is 15.8 Å². The molecule has 1 aliphatic rings. The lowest BCUT2D eigenvalue weighted by Gasteiger charge is -2.35. The molecule has 1 aliphatic heterocycles. The number of nitrogens with one attached hydrogen (secondary N) is 1. The Morgan fingerprint density at radius 1 is 1.35 bits per heavy atom. The molecule has 0 aromatic heterocycles. The van der Waals surface area contributed by atoms with Gasteiger partial charge in [-0.05, 0) is 18.4 Å². The lowest BCUT2D eigenvalue weighted by Crippen LogP contribution is -2.45. The maximum Gasteiger partial charge on any atom is 0.188 e. The minimum absolute atomic E-state index is 0.284. The highest BCUT2D eigenvalue weighted by Crippen LogP contribution is 2.22. The van der Waals surface area contributed by atoms with Gasteiger partial charge in [0.15, 0.2) is 5.96 Å². The normalized spacial score (nSPS) is 18.2. The molecule has 5 nitrogen and oxygen atoms in total. The number of rotatable bonds is 6. The Kier molecular flexibility index (Phi) is 6.86. The van der Waals surface area contributed by atoms with Crippen molar-refractivity contribution in [1.82, 2.24) is 10.2 Å². The summed E-state index contributed by atoms with van der Waals surface area (Å²) in [6.07, 6.45) is 0. The SMILES string of the molecule is Cc1cccc(C(CNC(N)=NCC(C)C)N2CCOCC2)c1. The van der Waals surface area contributed by atoms with E-state index in [1.807, 2.05) is 0 Å². The Balaban J connectivity index is 2.06. The summed E-state index contributed by atoms with van der Waals surface area (Å²) < 4.78 is 5.49. The molecule has 1 aromatic rings. The van der Waals surface area contributed by atoms with Crippen LogP contribution in [0.2, 0.25) is 0 Å². The molecule has 0 bridgehead atoms. The highest BCUT2D eigenvalue weighted by molar-refractivity contribution is 5.77. The van der Waals surface area contributed by atoms with Crippen LogP contribution < -0.4 is 11.1 Å². The molecule has 1 aromatic carbocycles. The fourth-order valence-electron chi connectivity index (χ4n) is 2.76. The molecule has 5 heteroatoms. The van der Waals surface area contributed by atoms with Crippen molar-refractivity contribution in [2.75, 3.05) is 39.4 Å². The summed E-state index contributed by atoms with van der Waals surface area (Å²) in [7, 11) is 0. The van der Waals surface area contributed by atoms with Crippen LogP contribution in [-0.4, -0.2) is 50.3 Å².